The average molecular weight is 193 g/mol. The fourth-order valence-electron chi connectivity index (χ4n) is 1.56. The summed E-state index contributed by atoms with van der Waals surface area (Å²) in [5, 5.41) is 0. The minimum Gasteiger partial charge on any atom is -0.295 e. The minimum absolute atomic E-state index is 0.694. The molecule has 0 amide bonds. The van der Waals surface area contributed by atoms with E-state index in [0.29, 0.717) is 6.29 Å². The van der Waals surface area contributed by atoms with Crippen LogP contribution >= 0.6 is 7.71 Å². The normalized spacial score (nSPS) is 13.5. The third-order valence-electron chi connectivity index (χ3n) is 2.17. The van der Waals surface area contributed by atoms with Gasteiger partial charge in [-0.15, -0.1) is 0 Å². The highest BCUT2D eigenvalue weighted by atomic mass is 31.2. The Balaban J connectivity index is 4.77. The molecule has 4 nitrogen and oxygen atoms in total. The molecular formula is C7H22N4P+. The van der Waals surface area contributed by atoms with Crippen molar-refractivity contribution in [1.29, 1.82) is 0 Å². The van der Waals surface area contributed by atoms with Gasteiger partial charge in [0.15, 0.2) is 6.29 Å². The predicted molar refractivity (Wildman–Crippen MR) is 57.0 cm³/mol. The molecule has 12 heavy (non-hydrogen) atoms. The van der Waals surface area contributed by atoms with Crippen LogP contribution in [0.1, 0.15) is 0 Å². The van der Waals surface area contributed by atoms with Gasteiger partial charge in [0.2, 0.25) is 7.71 Å². The van der Waals surface area contributed by atoms with Crippen molar-refractivity contribution in [3.8, 4) is 0 Å². The van der Waals surface area contributed by atoms with Gasteiger partial charge in [0, 0.05) is 42.3 Å². The van der Waals surface area contributed by atoms with E-state index in [1.54, 1.807) is 0 Å². The van der Waals surface area contributed by atoms with Crippen LogP contribution in [0, 0.1) is 0 Å². The summed E-state index contributed by atoms with van der Waals surface area (Å²) in [5.74, 6) is 0. The Morgan fingerprint density at radius 3 is 1.08 bits per heavy atom. The molecule has 0 aromatic carbocycles. The zero-order valence-corrected chi connectivity index (χ0v) is 9.97. The monoisotopic (exact) mass is 193 g/mol. The van der Waals surface area contributed by atoms with Crippen LogP contribution in [0.4, 0.5) is 0 Å². The van der Waals surface area contributed by atoms with Gasteiger partial charge in [-0.25, -0.2) is 0 Å². The second-order valence-electron chi connectivity index (χ2n) is 3.42. The van der Waals surface area contributed by atoms with Gasteiger partial charge in [0.1, 0.15) is 0 Å². The van der Waals surface area contributed by atoms with Gasteiger partial charge >= 0.3 is 0 Å². The standard InChI is InChI=1S/C7H22N4P/c1-9(2)12(7-8,10(3)4)11(5)6/h7-8H2,1-6H3/q+1. The molecule has 0 saturated carbocycles. The Hall–Kier alpha value is 0.270. The molecule has 0 aromatic heterocycles. The Labute approximate surface area is 76.8 Å². The summed E-state index contributed by atoms with van der Waals surface area (Å²) in [5.41, 5.74) is 5.83. The van der Waals surface area contributed by atoms with Crippen LogP contribution in [0.5, 0.6) is 0 Å². The third kappa shape index (κ3) is 1.95. The fraction of sp³-hybridized carbons (Fsp3) is 1.00. The van der Waals surface area contributed by atoms with E-state index in [-0.39, 0.29) is 0 Å². The van der Waals surface area contributed by atoms with E-state index in [1.807, 2.05) is 0 Å². The quantitative estimate of drug-likeness (QED) is 0.654. The molecule has 0 unspecified atom stereocenters. The molecule has 0 aliphatic carbocycles. The van der Waals surface area contributed by atoms with Crippen LogP contribution in [0.3, 0.4) is 0 Å². The molecule has 0 heterocycles. The zero-order chi connectivity index (χ0) is 9.94. The first-order chi connectivity index (χ1) is 5.39. The van der Waals surface area contributed by atoms with E-state index in [0.717, 1.165) is 0 Å². The number of rotatable bonds is 4. The van der Waals surface area contributed by atoms with Gasteiger partial charge in [-0.1, -0.05) is 0 Å². The Bertz CT molecular complexity index is 114. The lowest BCUT2D eigenvalue weighted by atomic mass is 11.2. The molecule has 0 atom stereocenters. The molecule has 0 aliphatic rings. The van der Waals surface area contributed by atoms with Gasteiger partial charge in [0.05, 0.1) is 0 Å². The average Bonchev–Trinajstić information content (AvgIpc) is 1.86. The SMILES string of the molecule is CN(C)[P+](CN)(N(C)C)N(C)C. The first-order valence-corrected chi connectivity index (χ1v) is 5.84. The number of hydrogen-bond acceptors (Lipinski definition) is 4. The summed E-state index contributed by atoms with van der Waals surface area (Å²) in [6.45, 7) is 0. The maximum atomic E-state index is 5.83. The second kappa shape index (κ2) is 4.49. The third-order valence-corrected chi connectivity index (χ3v) is 6.50. The maximum Gasteiger partial charge on any atom is 0.240 e. The fourth-order valence-corrected chi connectivity index (χ4v) is 4.69. The number of nitrogens with zero attached hydrogens (tertiary/aromatic N) is 3. The smallest absolute Gasteiger partial charge is 0.240 e. The highest BCUT2D eigenvalue weighted by Gasteiger charge is 2.45. The van der Waals surface area contributed by atoms with Crippen molar-refractivity contribution in [2.45, 2.75) is 0 Å². The van der Waals surface area contributed by atoms with Crippen molar-refractivity contribution >= 4 is 7.71 Å². The van der Waals surface area contributed by atoms with Gasteiger partial charge < -0.3 is 0 Å². The van der Waals surface area contributed by atoms with E-state index in [4.69, 9.17) is 5.73 Å². The summed E-state index contributed by atoms with van der Waals surface area (Å²) in [4.78, 5) is 0. The molecule has 0 fully saturated rings. The Kier molecular flexibility index (Phi) is 4.59. The highest BCUT2D eigenvalue weighted by molar-refractivity contribution is 7.68. The van der Waals surface area contributed by atoms with Crippen LogP contribution < -0.4 is 5.73 Å². The van der Waals surface area contributed by atoms with Gasteiger partial charge in [-0.2, -0.15) is 14.0 Å². The van der Waals surface area contributed by atoms with Crippen LogP contribution in [-0.4, -0.2) is 62.6 Å². The minimum atomic E-state index is -1.42. The van der Waals surface area contributed by atoms with Gasteiger partial charge in [-0.05, 0) is 0 Å². The van der Waals surface area contributed by atoms with Crippen LogP contribution in [0.15, 0.2) is 0 Å². The summed E-state index contributed by atoms with van der Waals surface area (Å²) >= 11 is 0. The van der Waals surface area contributed by atoms with Crippen molar-refractivity contribution in [3.05, 3.63) is 0 Å². The molecular weight excluding hydrogens is 171 g/mol. The van der Waals surface area contributed by atoms with Crippen molar-refractivity contribution in [2.24, 2.45) is 5.73 Å². The van der Waals surface area contributed by atoms with Gasteiger partial charge in [0.25, 0.3) is 0 Å². The molecule has 0 radical (unpaired) electrons. The Morgan fingerprint density at radius 2 is 1.08 bits per heavy atom. The lowest BCUT2D eigenvalue weighted by molar-refractivity contribution is 0.459. The lowest BCUT2D eigenvalue weighted by Crippen LogP contribution is -2.39. The van der Waals surface area contributed by atoms with Crippen LogP contribution in [0.25, 0.3) is 0 Å². The molecule has 74 valence electrons. The Morgan fingerprint density at radius 1 is 0.833 bits per heavy atom. The van der Waals surface area contributed by atoms with Crippen molar-refractivity contribution in [2.75, 3.05) is 48.6 Å². The van der Waals surface area contributed by atoms with Crippen molar-refractivity contribution in [1.82, 2.24) is 14.0 Å². The van der Waals surface area contributed by atoms with Crippen LogP contribution in [0.2, 0.25) is 0 Å². The summed E-state index contributed by atoms with van der Waals surface area (Å²) in [6.07, 6.45) is 0.694. The zero-order valence-electron chi connectivity index (χ0n) is 9.07. The number of nitrogens with two attached hydrogens (primary N) is 1. The summed E-state index contributed by atoms with van der Waals surface area (Å²) in [7, 11) is 11.1. The molecule has 0 rings (SSSR count). The molecule has 0 spiro atoms. The summed E-state index contributed by atoms with van der Waals surface area (Å²) < 4.78 is 6.69. The van der Waals surface area contributed by atoms with E-state index < -0.39 is 7.71 Å². The van der Waals surface area contributed by atoms with Crippen LogP contribution in [-0.2, 0) is 0 Å². The second-order valence-corrected chi connectivity index (χ2v) is 7.57. The topological polar surface area (TPSA) is 35.7 Å². The lowest BCUT2D eigenvalue weighted by Gasteiger charge is -2.38. The van der Waals surface area contributed by atoms with E-state index in [1.165, 1.54) is 0 Å². The molecule has 0 aliphatic heterocycles. The molecule has 5 heteroatoms. The van der Waals surface area contributed by atoms with Crippen molar-refractivity contribution in [3.63, 3.8) is 0 Å². The first kappa shape index (κ1) is 12.3. The first-order valence-electron chi connectivity index (χ1n) is 4.01. The maximum absolute atomic E-state index is 5.83. The van der Waals surface area contributed by atoms with Crippen molar-refractivity contribution < 1.29 is 0 Å². The van der Waals surface area contributed by atoms with E-state index >= 15 is 0 Å². The summed E-state index contributed by atoms with van der Waals surface area (Å²) in [6, 6.07) is 0. The van der Waals surface area contributed by atoms with E-state index in [9.17, 15) is 0 Å². The molecule has 0 saturated heterocycles. The molecule has 2 N–H and O–H groups in total. The van der Waals surface area contributed by atoms with Gasteiger partial charge in [-0.3, -0.25) is 5.73 Å². The molecule has 0 bridgehead atoms. The van der Waals surface area contributed by atoms with E-state index in [2.05, 4.69) is 56.3 Å². The number of hydrogen-bond donors (Lipinski definition) is 1. The predicted octanol–water partition coefficient (Wildman–Crippen LogP) is 0.350. The highest BCUT2D eigenvalue weighted by Crippen LogP contribution is 2.61. The largest absolute Gasteiger partial charge is 0.295 e. The molecule has 0 aromatic rings.